The molecule has 0 aliphatic rings. The average molecular weight is 273 g/mol. The van der Waals surface area contributed by atoms with Crippen molar-refractivity contribution in [3.8, 4) is 0 Å². The van der Waals surface area contributed by atoms with Crippen molar-refractivity contribution in [1.82, 2.24) is 0 Å². The topological polar surface area (TPSA) is 48.8 Å². The summed E-state index contributed by atoms with van der Waals surface area (Å²) in [6, 6.07) is 5.57. The van der Waals surface area contributed by atoms with Crippen LogP contribution in [0.1, 0.15) is 5.56 Å². The van der Waals surface area contributed by atoms with Crippen LogP contribution in [0.3, 0.4) is 0 Å². The molecule has 0 saturated heterocycles. The Bertz CT molecular complexity index is 377. The lowest BCUT2D eigenvalue weighted by Gasteiger charge is -1.96. The Kier molecular flexibility index (Phi) is 4.53. The molecule has 0 saturated carbocycles. The monoisotopic (exact) mass is 271 g/mol. The second-order valence-electron chi connectivity index (χ2n) is 2.52. The SMILES string of the molecule is [N-]=[N+]=NCC=Cc1cc(Cl)cc(Br)c1. The van der Waals surface area contributed by atoms with E-state index in [-0.39, 0.29) is 0 Å². The smallest absolute Gasteiger partial charge is 0.0443 e. The van der Waals surface area contributed by atoms with E-state index in [9.17, 15) is 0 Å². The van der Waals surface area contributed by atoms with E-state index >= 15 is 0 Å². The first kappa shape index (κ1) is 11.1. The summed E-state index contributed by atoms with van der Waals surface area (Å²) in [6.45, 7) is 0.348. The first-order chi connectivity index (χ1) is 6.72. The molecule has 0 aromatic heterocycles. The van der Waals surface area contributed by atoms with Crippen LogP contribution in [0.2, 0.25) is 5.02 Å². The summed E-state index contributed by atoms with van der Waals surface area (Å²) < 4.78 is 0.924. The predicted molar refractivity (Wildman–Crippen MR) is 62.2 cm³/mol. The van der Waals surface area contributed by atoms with Gasteiger partial charge in [-0.3, -0.25) is 0 Å². The molecule has 5 heteroatoms. The molecule has 1 rings (SSSR count). The van der Waals surface area contributed by atoms with Crippen LogP contribution in [0.4, 0.5) is 0 Å². The summed E-state index contributed by atoms with van der Waals surface area (Å²) in [7, 11) is 0. The minimum Gasteiger partial charge on any atom is -0.0899 e. The number of hydrogen-bond acceptors (Lipinski definition) is 1. The van der Waals surface area contributed by atoms with Gasteiger partial charge < -0.3 is 0 Å². The molecule has 0 aliphatic carbocycles. The zero-order chi connectivity index (χ0) is 10.4. The molecule has 1 aromatic rings. The minimum absolute atomic E-state index is 0.348. The van der Waals surface area contributed by atoms with Crippen LogP contribution in [0.5, 0.6) is 0 Å². The van der Waals surface area contributed by atoms with Gasteiger partial charge in [0.15, 0.2) is 0 Å². The molecule has 0 atom stereocenters. The zero-order valence-electron chi connectivity index (χ0n) is 7.19. The van der Waals surface area contributed by atoms with E-state index in [2.05, 4.69) is 26.0 Å². The molecule has 0 N–H and O–H groups in total. The van der Waals surface area contributed by atoms with Gasteiger partial charge in [0.2, 0.25) is 0 Å². The van der Waals surface area contributed by atoms with Crippen molar-refractivity contribution < 1.29 is 0 Å². The molecule has 0 fully saturated rings. The number of nitrogens with zero attached hydrogens (tertiary/aromatic N) is 3. The molecule has 0 aliphatic heterocycles. The number of azide groups is 1. The Balaban J connectivity index is 2.75. The Morgan fingerprint density at radius 2 is 2.29 bits per heavy atom. The number of hydrogen-bond donors (Lipinski definition) is 0. The molecule has 0 spiro atoms. The lowest BCUT2D eigenvalue weighted by Crippen LogP contribution is -1.74. The maximum absolute atomic E-state index is 8.05. The molecular formula is C9H7BrClN3. The third-order valence-corrected chi connectivity index (χ3v) is 2.12. The van der Waals surface area contributed by atoms with Gasteiger partial charge in [-0.1, -0.05) is 44.8 Å². The molecular weight excluding hydrogens is 265 g/mol. The lowest BCUT2D eigenvalue weighted by atomic mass is 10.2. The van der Waals surface area contributed by atoms with Crippen molar-refractivity contribution in [2.75, 3.05) is 6.54 Å². The first-order valence-corrected chi connectivity index (χ1v) is 5.03. The fraction of sp³-hybridized carbons (Fsp3) is 0.111. The standard InChI is InChI=1S/C9H7BrClN3/c10-8-4-7(5-9(11)6-8)2-1-3-13-14-12/h1-2,4-6H,3H2. The minimum atomic E-state index is 0.348. The highest BCUT2D eigenvalue weighted by Gasteiger charge is 1.93. The lowest BCUT2D eigenvalue weighted by molar-refractivity contribution is 1.22. The van der Waals surface area contributed by atoms with Gasteiger partial charge in [0.25, 0.3) is 0 Å². The van der Waals surface area contributed by atoms with Crippen LogP contribution in [0.25, 0.3) is 16.5 Å². The molecule has 0 bridgehead atoms. The van der Waals surface area contributed by atoms with Gasteiger partial charge >= 0.3 is 0 Å². The van der Waals surface area contributed by atoms with Crippen molar-refractivity contribution in [3.05, 3.63) is 49.8 Å². The van der Waals surface area contributed by atoms with E-state index in [0.29, 0.717) is 11.6 Å². The average Bonchev–Trinajstić information content (AvgIpc) is 2.11. The van der Waals surface area contributed by atoms with Crippen molar-refractivity contribution >= 4 is 33.6 Å². The summed E-state index contributed by atoms with van der Waals surface area (Å²) in [5.74, 6) is 0. The largest absolute Gasteiger partial charge is 0.0899 e. The van der Waals surface area contributed by atoms with Crippen LogP contribution >= 0.6 is 27.5 Å². The molecule has 72 valence electrons. The molecule has 3 nitrogen and oxygen atoms in total. The summed E-state index contributed by atoms with van der Waals surface area (Å²) in [5, 5.41) is 4.05. The molecule has 14 heavy (non-hydrogen) atoms. The van der Waals surface area contributed by atoms with Gasteiger partial charge in [-0.25, -0.2) is 0 Å². The molecule has 0 heterocycles. The third kappa shape index (κ3) is 3.83. The predicted octanol–water partition coefficient (Wildman–Crippen LogP) is 4.43. The van der Waals surface area contributed by atoms with Crippen LogP contribution in [0.15, 0.2) is 33.9 Å². The maximum atomic E-state index is 8.05. The molecule has 1 aromatic carbocycles. The molecule has 0 unspecified atom stereocenters. The third-order valence-electron chi connectivity index (χ3n) is 1.45. The van der Waals surface area contributed by atoms with Gasteiger partial charge in [-0.2, -0.15) is 0 Å². The summed E-state index contributed by atoms with van der Waals surface area (Å²) in [4.78, 5) is 2.64. The van der Waals surface area contributed by atoms with Crippen LogP contribution < -0.4 is 0 Å². The van der Waals surface area contributed by atoms with Gasteiger partial charge in [0, 0.05) is 21.0 Å². The van der Waals surface area contributed by atoms with Crippen LogP contribution in [0, 0.1) is 0 Å². The van der Waals surface area contributed by atoms with E-state index in [4.69, 9.17) is 17.1 Å². The first-order valence-electron chi connectivity index (χ1n) is 3.86. The second-order valence-corrected chi connectivity index (χ2v) is 3.87. The highest BCUT2D eigenvalue weighted by molar-refractivity contribution is 9.10. The summed E-state index contributed by atoms with van der Waals surface area (Å²) in [6.07, 6.45) is 3.63. The van der Waals surface area contributed by atoms with E-state index in [1.165, 1.54) is 0 Å². The Labute approximate surface area is 95.1 Å². The molecule has 0 amide bonds. The van der Waals surface area contributed by atoms with Crippen molar-refractivity contribution in [3.63, 3.8) is 0 Å². The zero-order valence-corrected chi connectivity index (χ0v) is 9.53. The van der Waals surface area contributed by atoms with Gasteiger partial charge in [-0.15, -0.1) is 0 Å². The second kappa shape index (κ2) is 5.70. The van der Waals surface area contributed by atoms with E-state index in [1.807, 2.05) is 24.3 Å². The van der Waals surface area contributed by atoms with Gasteiger partial charge in [0.05, 0.1) is 0 Å². The fourth-order valence-electron chi connectivity index (χ4n) is 0.944. The number of rotatable bonds is 3. The highest BCUT2D eigenvalue weighted by atomic mass is 79.9. The number of benzene rings is 1. The Hall–Kier alpha value is -0.960. The van der Waals surface area contributed by atoms with E-state index < -0.39 is 0 Å². The van der Waals surface area contributed by atoms with Gasteiger partial charge in [-0.05, 0) is 29.3 Å². The molecule has 0 radical (unpaired) electrons. The number of halogens is 2. The van der Waals surface area contributed by atoms with Crippen molar-refractivity contribution in [2.24, 2.45) is 5.11 Å². The normalized spacial score (nSPS) is 10.1. The van der Waals surface area contributed by atoms with Gasteiger partial charge in [0.1, 0.15) is 0 Å². The van der Waals surface area contributed by atoms with Crippen LogP contribution in [-0.2, 0) is 0 Å². The Morgan fingerprint density at radius 1 is 1.50 bits per heavy atom. The fourth-order valence-corrected chi connectivity index (χ4v) is 1.83. The quantitative estimate of drug-likeness (QED) is 0.444. The van der Waals surface area contributed by atoms with Crippen molar-refractivity contribution in [1.29, 1.82) is 0 Å². The van der Waals surface area contributed by atoms with Crippen LogP contribution in [-0.4, -0.2) is 6.54 Å². The van der Waals surface area contributed by atoms with E-state index in [0.717, 1.165) is 10.0 Å². The summed E-state index contributed by atoms with van der Waals surface area (Å²) in [5.41, 5.74) is 9.02. The summed E-state index contributed by atoms with van der Waals surface area (Å²) >= 11 is 9.18. The van der Waals surface area contributed by atoms with E-state index in [1.54, 1.807) is 6.08 Å². The highest BCUT2D eigenvalue weighted by Crippen LogP contribution is 2.20. The maximum Gasteiger partial charge on any atom is 0.0443 e. The van der Waals surface area contributed by atoms with Crippen molar-refractivity contribution in [2.45, 2.75) is 0 Å². The Morgan fingerprint density at radius 3 is 2.93 bits per heavy atom.